The zero-order chi connectivity index (χ0) is 24.3. The van der Waals surface area contributed by atoms with Crippen molar-refractivity contribution in [2.45, 2.75) is 25.5 Å². The number of anilines is 1. The Hall–Kier alpha value is -3.23. The topological polar surface area (TPSA) is 98.5 Å². The van der Waals surface area contributed by atoms with Crippen LogP contribution >= 0.6 is 12.6 Å². The van der Waals surface area contributed by atoms with E-state index in [9.17, 15) is 4.79 Å². The van der Waals surface area contributed by atoms with E-state index < -0.39 is 6.10 Å². The third-order valence-corrected chi connectivity index (χ3v) is 5.73. The van der Waals surface area contributed by atoms with Gasteiger partial charge >= 0.3 is 0 Å². The summed E-state index contributed by atoms with van der Waals surface area (Å²) in [6.07, 6.45) is -0.0890. The second-order valence-electron chi connectivity index (χ2n) is 7.85. The number of amides is 1. The number of thiol groups is 1. The molecule has 2 unspecified atom stereocenters. The van der Waals surface area contributed by atoms with Gasteiger partial charge in [-0.2, -0.15) is 12.6 Å². The fourth-order valence-electron chi connectivity index (χ4n) is 3.33. The first-order valence-electron chi connectivity index (χ1n) is 11.2. The molecule has 4 N–H and O–H groups in total. The van der Waals surface area contributed by atoms with E-state index in [2.05, 4.69) is 28.2 Å². The zero-order valence-corrected chi connectivity index (χ0v) is 20.4. The molecule has 180 valence electrons. The molecule has 2 atom stereocenters. The first kappa shape index (κ1) is 25.4. The van der Waals surface area contributed by atoms with Gasteiger partial charge in [-0.15, -0.1) is 0 Å². The summed E-state index contributed by atoms with van der Waals surface area (Å²) in [6.45, 7) is 2.68. The Kier molecular flexibility index (Phi) is 9.61. The molecule has 3 rings (SSSR count). The van der Waals surface area contributed by atoms with Crippen molar-refractivity contribution in [3.8, 4) is 22.9 Å². The monoisotopic (exact) mass is 480 g/mol. The summed E-state index contributed by atoms with van der Waals surface area (Å²) in [4.78, 5) is 17.4. The van der Waals surface area contributed by atoms with Gasteiger partial charge in [0.2, 0.25) is 5.88 Å². The van der Waals surface area contributed by atoms with E-state index in [1.54, 1.807) is 14.0 Å². The Morgan fingerprint density at radius 3 is 2.56 bits per heavy atom. The lowest BCUT2D eigenvalue weighted by atomic mass is 10.1. The van der Waals surface area contributed by atoms with E-state index in [0.29, 0.717) is 36.8 Å². The summed E-state index contributed by atoms with van der Waals surface area (Å²) in [5, 5.41) is 6.19. The lowest BCUT2D eigenvalue weighted by Crippen LogP contribution is -2.37. The minimum atomic E-state index is -0.740. The predicted molar refractivity (Wildman–Crippen MR) is 140 cm³/mol. The SMILES string of the molecule is COc1ccccc1CCNC(=O)C(C)Oc1nc(-c2ccccc2)ccc1NCC(N)CS. The molecular weight excluding hydrogens is 448 g/mol. The van der Waals surface area contributed by atoms with Crippen molar-refractivity contribution in [3.05, 3.63) is 72.3 Å². The van der Waals surface area contributed by atoms with Gasteiger partial charge in [-0.05, 0) is 37.1 Å². The Labute approximate surface area is 206 Å². The number of carbonyl (C=O) groups excluding carboxylic acids is 1. The molecule has 0 aliphatic carbocycles. The zero-order valence-electron chi connectivity index (χ0n) is 19.5. The van der Waals surface area contributed by atoms with E-state index in [0.717, 1.165) is 22.6 Å². The van der Waals surface area contributed by atoms with E-state index in [1.165, 1.54) is 0 Å². The number of hydrogen-bond acceptors (Lipinski definition) is 7. The number of carbonyl (C=O) groups is 1. The number of rotatable bonds is 12. The molecule has 0 fully saturated rings. The smallest absolute Gasteiger partial charge is 0.260 e. The molecule has 34 heavy (non-hydrogen) atoms. The van der Waals surface area contributed by atoms with Crippen molar-refractivity contribution >= 4 is 24.2 Å². The third-order valence-electron chi connectivity index (χ3n) is 5.26. The van der Waals surface area contributed by atoms with Crippen molar-refractivity contribution in [3.63, 3.8) is 0 Å². The van der Waals surface area contributed by atoms with Gasteiger partial charge in [0, 0.05) is 30.4 Å². The number of benzene rings is 2. The number of aromatic nitrogens is 1. The highest BCUT2D eigenvalue weighted by Crippen LogP contribution is 2.28. The molecule has 0 spiro atoms. The van der Waals surface area contributed by atoms with Crippen LogP contribution in [0, 0.1) is 0 Å². The molecular formula is C26H32N4O3S. The Morgan fingerprint density at radius 1 is 1.09 bits per heavy atom. The number of methoxy groups -OCH3 is 1. The number of nitrogens with zero attached hydrogens (tertiary/aromatic N) is 1. The van der Waals surface area contributed by atoms with Crippen LogP contribution in [-0.4, -0.2) is 49.0 Å². The minimum absolute atomic E-state index is 0.124. The molecule has 7 nitrogen and oxygen atoms in total. The summed E-state index contributed by atoms with van der Waals surface area (Å²) in [7, 11) is 1.64. The molecule has 0 aliphatic heterocycles. The second-order valence-corrected chi connectivity index (χ2v) is 8.22. The molecule has 0 aliphatic rings. The van der Waals surface area contributed by atoms with E-state index >= 15 is 0 Å². The van der Waals surface area contributed by atoms with Crippen LogP contribution in [0.1, 0.15) is 12.5 Å². The normalized spacial score (nSPS) is 12.5. The molecule has 2 aromatic carbocycles. The highest BCUT2D eigenvalue weighted by molar-refractivity contribution is 7.80. The third kappa shape index (κ3) is 7.13. The Bertz CT molecular complexity index is 1060. The van der Waals surface area contributed by atoms with Crippen LogP contribution in [0.25, 0.3) is 11.3 Å². The molecule has 1 heterocycles. The highest BCUT2D eigenvalue weighted by atomic mass is 32.1. The van der Waals surface area contributed by atoms with Crippen LogP contribution in [0.15, 0.2) is 66.7 Å². The van der Waals surface area contributed by atoms with Gasteiger partial charge in [0.15, 0.2) is 6.10 Å². The number of ether oxygens (including phenoxy) is 2. The van der Waals surface area contributed by atoms with E-state index in [4.69, 9.17) is 15.2 Å². The van der Waals surface area contributed by atoms with E-state index in [-0.39, 0.29) is 11.9 Å². The maximum Gasteiger partial charge on any atom is 0.260 e. The van der Waals surface area contributed by atoms with Crippen LogP contribution in [0.2, 0.25) is 0 Å². The fourth-order valence-corrected chi connectivity index (χ4v) is 3.46. The van der Waals surface area contributed by atoms with Crippen LogP contribution in [0.3, 0.4) is 0 Å². The number of pyridine rings is 1. The maximum absolute atomic E-state index is 12.7. The van der Waals surface area contributed by atoms with E-state index in [1.807, 2.05) is 66.7 Å². The molecule has 1 amide bonds. The number of nitrogens with one attached hydrogen (secondary N) is 2. The van der Waals surface area contributed by atoms with Crippen molar-refractivity contribution < 1.29 is 14.3 Å². The number of hydrogen-bond donors (Lipinski definition) is 4. The van der Waals surface area contributed by atoms with Crippen molar-refractivity contribution in [1.29, 1.82) is 0 Å². The van der Waals surface area contributed by atoms with Gasteiger partial charge < -0.3 is 25.8 Å². The van der Waals surface area contributed by atoms with Gasteiger partial charge in [0.1, 0.15) is 5.75 Å². The predicted octanol–water partition coefficient (Wildman–Crippen LogP) is 3.55. The molecule has 0 saturated heterocycles. The average Bonchev–Trinajstić information content (AvgIpc) is 2.88. The van der Waals surface area contributed by atoms with Crippen molar-refractivity contribution in [2.24, 2.45) is 5.73 Å². The minimum Gasteiger partial charge on any atom is -0.496 e. The van der Waals surface area contributed by atoms with Crippen LogP contribution in [-0.2, 0) is 11.2 Å². The molecule has 0 radical (unpaired) electrons. The highest BCUT2D eigenvalue weighted by Gasteiger charge is 2.18. The molecule has 0 bridgehead atoms. The van der Waals surface area contributed by atoms with Gasteiger partial charge in [-0.25, -0.2) is 4.98 Å². The van der Waals surface area contributed by atoms with Gasteiger partial charge in [0.25, 0.3) is 5.91 Å². The summed E-state index contributed by atoms with van der Waals surface area (Å²) >= 11 is 4.23. The largest absolute Gasteiger partial charge is 0.496 e. The summed E-state index contributed by atoms with van der Waals surface area (Å²) in [5.41, 5.74) is 9.41. The first-order valence-corrected chi connectivity index (χ1v) is 11.9. The van der Waals surface area contributed by atoms with Gasteiger partial charge in [-0.3, -0.25) is 4.79 Å². The van der Waals surface area contributed by atoms with Crippen LogP contribution in [0.4, 0.5) is 5.69 Å². The van der Waals surface area contributed by atoms with Crippen LogP contribution < -0.4 is 25.8 Å². The lowest BCUT2D eigenvalue weighted by molar-refractivity contribution is -0.127. The maximum atomic E-state index is 12.7. The fraction of sp³-hybridized carbons (Fsp3) is 0.308. The summed E-state index contributed by atoms with van der Waals surface area (Å²) in [5.74, 6) is 1.47. The number of nitrogens with two attached hydrogens (primary N) is 1. The van der Waals surface area contributed by atoms with Crippen LogP contribution in [0.5, 0.6) is 11.6 Å². The first-order chi connectivity index (χ1) is 16.5. The second kappa shape index (κ2) is 12.9. The summed E-state index contributed by atoms with van der Waals surface area (Å²) in [6, 6.07) is 21.2. The van der Waals surface area contributed by atoms with Crippen molar-refractivity contribution in [1.82, 2.24) is 10.3 Å². The van der Waals surface area contributed by atoms with Gasteiger partial charge in [0.05, 0.1) is 18.5 Å². The Morgan fingerprint density at radius 2 is 1.82 bits per heavy atom. The molecule has 0 saturated carbocycles. The molecule has 3 aromatic rings. The van der Waals surface area contributed by atoms with Gasteiger partial charge in [-0.1, -0.05) is 48.5 Å². The Balaban J connectivity index is 1.68. The summed E-state index contributed by atoms with van der Waals surface area (Å²) < 4.78 is 11.4. The lowest BCUT2D eigenvalue weighted by Gasteiger charge is -2.19. The molecule has 1 aromatic heterocycles. The molecule has 8 heteroatoms. The average molecular weight is 481 g/mol. The number of para-hydroxylation sites is 1. The van der Waals surface area contributed by atoms with Crippen molar-refractivity contribution in [2.75, 3.05) is 31.3 Å². The quantitative estimate of drug-likeness (QED) is 0.296. The standard InChI is InChI=1S/C26H32N4O3S/c1-18(25(31)28-15-14-20-10-6-7-11-24(20)32-2)33-26-23(29-16-21(27)17-34)13-12-22(30-26)19-8-4-3-5-9-19/h3-13,18,21,29,34H,14-17,27H2,1-2H3,(H,28,31).